The van der Waals surface area contributed by atoms with Gasteiger partial charge in [-0.15, -0.1) is 0 Å². The van der Waals surface area contributed by atoms with Crippen molar-refractivity contribution in [2.24, 2.45) is 4.99 Å². The number of nitrogens with zero attached hydrogens (tertiary/aromatic N) is 3. The Morgan fingerprint density at radius 1 is 1.14 bits per heavy atom. The first-order valence-corrected chi connectivity index (χ1v) is 11.9. The molecule has 4 aromatic rings. The number of rotatable bonds is 5. The number of phenols is 1. The summed E-state index contributed by atoms with van der Waals surface area (Å²) in [6.45, 7) is 1.75. The van der Waals surface area contributed by atoms with Crippen molar-refractivity contribution >= 4 is 29.0 Å². The third-order valence-electron chi connectivity index (χ3n) is 5.82. The van der Waals surface area contributed by atoms with E-state index in [1.165, 1.54) is 29.1 Å². The number of carbonyl (C=O) groups is 1. The molecule has 5 rings (SSSR count). The van der Waals surface area contributed by atoms with E-state index in [-0.39, 0.29) is 23.0 Å². The molecule has 2 aromatic carbocycles. The van der Waals surface area contributed by atoms with Crippen molar-refractivity contribution in [3.8, 4) is 11.5 Å². The van der Waals surface area contributed by atoms with E-state index >= 15 is 0 Å². The molecule has 1 atom stereocenters. The van der Waals surface area contributed by atoms with E-state index < -0.39 is 6.04 Å². The molecule has 0 unspecified atom stereocenters. The Balaban J connectivity index is 1.71. The minimum atomic E-state index is -0.779. The summed E-state index contributed by atoms with van der Waals surface area (Å²) in [7, 11) is 1.45. The van der Waals surface area contributed by atoms with Crippen LogP contribution in [0.2, 0.25) is 0 Å². The molecule has 9 heteroatoms. The van der Waals surface area contributed by atoms with E-state index in [1.807, 2.05) is 30.3 Å². The zero-order valence-electron chi connectivity index (χ0n) is 19.5. The standard InChI is InChI=1S/C27H22N4O4S/c1-16-23(25(33)30-19-6-4-3-5-7-19)24(18-8-9-20(32)21(15-18)35-2)31-26(34)22(36-27(31)29-16)14-17-10-12-28-13-11-17/h3-15,24,32H,1-2H3,(H,30,33)/b22-14-/t24-/m1/s1. The first-order chi connectivity index (χ1) is 17.5. The lowest BCUT2D eigenvalue weighted by Gasteiger charge is -2.25. The van der Waals surface area contributed by atoms with Gasteiger partial charge in [0.05, 0.1) is 29.0 Å². The highest BCUT2D eigenvalue weighted by Crippen LogP contribution is 2.35. The molecule has 1 aliphatic heterocycles. The predicted molar refractivity (Wildman–Crippen MR) is 138 cm³/mol. The number of hydrogen-bond acceptors (Lipinski definition) is 7. The van der Waals surface area contributed by atoms with E-state index in [0.717, 1.165) is 5.56 Å². The van der Waals surface area contributed by atoms with Crippen LogP contribution in [0, 0.1) is 0 Å². The fourth-order valence-electron chi connectivity index (χ4n) is 4.12. The van der Waals surface area contributed by atoms with E-state index in [9.17, 15) is 14.7 Å². The molecular formula is C27H22N4O4S. The van der Waals surface area contributed by atoms with Gasteiger partial charge in [-0.05, 0) is 60.5 Å². The molecule has 0 radical (unpaired) electrons. The van der Waals surface area contributed by atoms with Crippen molar-refractivity contribution in [3.05, 3.63) is 115 Å². The van der Waals surface area contributed by atoms with Gasteiger partial charge in [0.2, 0.25) is 0 Å². The maximum atomic E-state index is 13.7. The first kappa shape index (κ1) is 23.3. The molecule has 0 spiro atoms. The van der Waals surface area contributed by atoms with Crippen LogP contribution in [0.15, 0.2) is 94.1 Å². The smallest absolute Gasteiger partial charge is 0.271 e. The number of allylic oxidation sites excluding steroid dienone is 1. The summed E-state index contributed by atoms with van der Waals surface area (Å²) < 4.78 is 7.31. The lowest BCUT2D eigenvalue weighted by Crippen LogP contribution is -2.40. The molecule has 2 N–H and O–H groups in total. The Labute approximate surface area is 210 Å². The molecular weight excluding hydrogens is 476 g/mol. The van der Waals surface area contributed by atoms with E-state index in [2.05, 4.69) is 15.3 Å². The van der Waals surface area contributed by atoms with Crippen molar-refractivity contribution < 1.29 is 14.6 Å². The summed E-state index contributed by atoms with van der Waals surface area (Å²) in [5.41, 5.74) is 2.61. The second-order valence-corrected chi connectivity index (χ2v) is 9.12. The van der Waals surface area contributed by atoms with Crippen molar-refractivity contribution in [2.45, 2.75) is 13.0 Å². The van der Waals surface area contributed by atoms with Crippen LogP contribution in [-0.4, -0.2) is 27.7 Å². The number of anilines is 1. The van der Waals surface area contributed by atoms with Crippen LogP contribution in [-0.2, 0) is 4.79 Å². The molecule has 0 saturated carbocycles. The van der Waals surface area contributed by atoms with Crippen LogP contribution in [0.3, 0.4) is 0 Å². The number of para-hydroxylation sites is 1. The zero-order chi connectivity index (χ0) is 25.2. The van der Waals surface area contributed by atoms with Gasteiger partial charge >= 0.3 is 0 Å². The summed E-state index contributed by atoms with van der Waals surface area (Å²) in [6, 6.07) is 16.7. The number of methoxy groups -OCH3 is 1. The minimum absolute atomic E-state index is 0.0395. The number of phenolic OH excluding ortho intramolecular Hbond substituents is 1. The molecule has 8 nitrogen and oxygen atoms in total. The number of amides is 1. The highest BCUT2D eigenvalue weighted by Gasteiger charge is 2.33. The van der Waals surface area contributed by atoms with Gasteiger partial charge < -0.3 is 15.2 Å². The summed E-state index contributed by atoms with van der Waals surface area (Å²) >= 11 is 1.25. The fourth-order valence-corrected chi connectivity index (χ4v) is 5.17. The average molecular weight is 499 g/mol. The summed E-state index contributed by atoms with van der Waals surface area (Å²) in [6.07, 6.45) is 5.10. The topological polar surface area (TPSA) is 106 Å². The second-order valence-electron chi connectivity index (χ2n) is 8.11. The van der Waals surface area contributed by atoms with Crippen LogP contribution < -0.4 is 24.9 Å². The van der Waals surface area contributed by atoms with Crippen LogP contribution in [0.25, 0.3) is 6.08 Å². The molecule has 0 aliphatic carbocycles. The fraction of sp³-hybridized carbons (Fsp3) is 0.111. The number of carbonyl (C=O) groups excluding carboxylic acids is 1. The van der Waals surface area contributed by atoms with Crippen LogP contribution >= 0.6 is 11.3 Å². The van der Waals surface area contributed by atoms with Crippen molar-refractivity contribution in [3.63, 3.8) is 0 Å². The third kappa shape index (κ3) is 4.32. The number of thiazole rings is 1. The Hall–Kier alpha value is -4.50. The normalized spacial score (nSPS) is 15.3. The summed E-state index contributed by atoms with van der Waals surface area (Å²) in [4.78, 5) is 36.4. The lowest BCUT2D eigenvalue weighted by atomic mass is 9.94. The van der Waals surface area contributed by atoms with Gasteiger partial charge in [0.25, 0.3) is 11.5 Å². The van der Waals surface area contributed by atoms with Crippen LogP contribution in [0.1, 0.15) is 24.1 Å². The van der Waals surface area contributed by atoms with Crippen molar-refractivity contribution in [1.82, 2.24) is 9.55 Å². The molecule has 3 heterocycles. The number of aromatic nitrogens is 2. The van der Waals surface area contributed by atoms with Crippen molar-refractivity contribution in [2.75, 3.05) is 12.4 Å². The van der Waals surface area contributed by atoms with Gasteiger partial charge in [0.15, 0.2) is 16.3 Å². The molecule has 36 heavy (non-hydrogen) atoms. The van der Waals surface area contributed by atoms with E-state index in [4.69, 9.17) is 4.74 Å². The Bertz CT molecular complexity index is 1660. The van der Waals surface area contributed by atoms with Gasteiger partial charge in [0.1, 0.15) is 0 Å². The Morgan fingerprint density at radius 3 is 2.61 bits per heavy atom. The molecule has 2 aromatic heterocycles. The van der Waals surface area contributed by atoms with E-state index in [0.29, 0.717) is 31.9 Å². The Kier molecular flexibility index (Phi) is 6.22. The Morgan fingerprint density at radius 2 is 1.89 bits per heavy atom. The van der Waals surface area contributed by atoms with Crippen molar-refractivity contribution in [1.29, 1.82) is 0 Å². The predicted octanol–water partition coefficient (Wildman–Crippen LogP) is 2.98. The van der Waals surface area contributed by atoms with Gasteiger partial charge in [-0.3, -0.25) is 19.1 Å². The maximum Gasteiger partial charge on any atom is 0.271 e. The largest absolute Gasteiger partial charge is 0.504 e. The SMILES string of the molecule is COc1cc([C@@H]2C(C(=O)Nc3ccccc3)=C(C)N=c3s/c(=C\c4ccncc4)c(=O)n32)ccc1O. The van der Waals surface area contributed by atoms with Gasteiger partial charge in [-0.2, -0.15) is 0 Å². The monoisotopic (exact) mass is 498 g/mol. The number of ether oxygens (including phenoxy) is 1. The minimum Gasteiger partial charge on any atom is -0.504 e. The second kappa shape index (κ2) is 9.63. The molecule has 0 fully saturated rings. The van der Waals surface area contributed by atoms with Gasteiger partial charge in [-0.1, -0.05) is 35.6 Å². The molecule has 180 valence electrons. The highest BCUT2D eigenvalue weighted by molar-refractivity contribution is 7.07. The summed E-state index contributed by atoms with van der Waals surface area (Å²) in [5, 5.41) is 13.1. The zero-order valence-corrected chi connectivity index (χ0v) is 20.3. The number of fused-ring (bicyclic) bond motifs is 1. The number of aromatic hydroxyl groups is 1. The van der Waals surface area contributed by atoms with E-state index in [1.54, 1.807) is 49.7 Å². The summed E-state index contributed by atoms with van der Waals surface area (Å²) in [5.74, 6) is -0.172. The molecule has 1 aliphatic rings. The molecule has 0 bridgehead atoms. The average Bonchev–Trinajstić information content (AvgIpc) is 3.19. The maximum absolute atomic E-state index is 13.7. The van der Waals surface area contributed by atoms with Crippen LogP contribution in [0.5, 0.6) is 11.5 Å². The molecule has 1 amide bonds. The molecule has 0 saturated heterocycles. The quantitative estimate of drug-likeness (QED) is 0.440. The number of pyridine rings is 1. The first-order valence-electron chi connectivity index (χ1n) is 11.1. The lowest BCUT2D eigenvalue weighted by molar-refractivity contribution is -0.113. The third-order valence-corrected chi connectivity index (χ3v) is 6.80. The van der Waals surface area contributed by atoms with Crippen LogP contribution in [0.4, 0.5) is 5.69 Å². The number of benzene rings is 2. The van der Waals surface area contributed by atoms with Gasteiger partial charge in [-0.25, -0.2) is 4.99 Å². The number of hydrogen-bond donors (Lipinski definition) is 2. The number of nitrogens with one attached hydrogen (secondary N) is 1. The highest BCUT2D eigenvalue weighted by atomic mass is 32.1. The van der Waals surface area contributed by atoms with Gasteiger partial charge in [0, 0.05) is 18.1 Å².